The third-order valence-electron chi connectivity index (χ3n) is 2.85. The minimum absolute atomic E-state index is 0.228. The molecule has 5 heteroatoms. The predicted octanol–water partition coefficient (Wildman–Crippen LogP) is 5.52. The smallest absolute Gasteiger partial charge is 0.405 e. The summed E-state index contributed by atoms with van der Waals surface area (Å²) in [5.41, 5.74) is 2.67. The highest BCUT2D eigenvalue weighted by atomic mass is 35.5. The number of alkyl halides is 3. The number of rotatable bonds is 2. The molecule has 0 bridgehead atoms. The number of halogens is 4. The number of benzene rings is 2. The Morgan fingerprint density at radius 1 is 0.950 bits per heavy atom. The first-order chi connectivity index (χ1) is 9.26. The van der Waals surface area contributed by atoms with Gasteiger partial charge < -0.3 is 4.74 Å². The van der Waals surface area contributed by atoms with E-state index in [0.29, 0.717) is 16.1 Å². The summed E-state index contributed by atoms with van der Waals surface area (Å²) in [6.07, 6.45) is -4.73. The summed E-state index contributed by atoms with van der Waals surface area (Å²) < 4.78 is 41.5. The lowest BCUT2D eigenvalue weighted by molar-refractivity contribution is -0.274. The van der Waals surface area contributed by atoms with Crippen molar-refractivity contribution >= 4 is 11.6 Å². The van der Waals surface area contributed by atoms with Crippen molar-refractivity contribution in [2.45, 2.75) is 20.2 Å². The van der Waals surface area contributed by atoms with E-state index < -0.39 is 6.36 Å². The van der Waals surface area contributed by atoms with Crippen LogP contribution in [0.15, 0.2) is 36.4 Å². The van der Waals surface area contributed by atoms with Crippen molar-refractivity contribution in [2.75, 3.05) is 0 Å². The SMILES string of the molecule is Cc1ccc(OC(F)(F)F)c(-c2cc(Cl)ccc2C)c1. The normalized spacial score (nSPS) is 11.5. The molecule has 2 aromatic rings. The van der Waals surface area contributed by atoms with Gasteiger partial charge in [0.25, 0.3) is 0 Å². The Balaban J connectivity index is 2.60. The van der Waals surface area contributed by atoms with Crippen LogP contribution in [0.2, 0.25) is 5.02 Å². The van der Waals surface area contributed by atoms with Crippen LogP contribution in [0.25, 0.3) is 11.1 Å². The molecule has 106 valence electrons. The zero-order chi connectivity index (χ0) is 14.9. The van der Waals surface area contributed by atoms with Crippen molar-refractivity contribution < 1.29 is 17.9 Å². The molecule has 0 heterocycles. The standard InChI is InChI=1S/C15H12ClF3O/c1-9-3-6-14(20-15(17,18)19)13(7-9)12-8-11(16)5-4-10(12)2/h3-8H,1-2H3. The maximum Gasteiger partial charge on any atom is 0.573 e. The maximum atomic E-state index is 12.5. The van der Waals surface area contributed by atoms with Crippen molar-refractivity contribution in [1.29, 1.82) is 0 Å². The van der Waals surface area contributed by atoms with Crippen molar-refractivity contribution in [1.82, 2.24) is 0 Å². The quantitative estimate of drug-likeness (QED) is 0.709. The summed E-state index contributed by atoms with van der Waals surface area (Å²) >= 11 is 5.93. The van der Waals surface area contributed by atoms with Crippen LogP contribution in [0.5, 0.6) is 5.75 Å². The zero-order valence-corrected chi connectivity index (χ0v) is 11.6. The third kappa shape index (κ3) is 3.45. The molecule has 0 atom stereocenters. The summed E-state index contributed by atoms with van der Waals surface area (Å²) in [7, 11) is 0. The van der Waals surface area contributed by atoms with Crippen molar-refractivity contribution in [3.05, 3.63) is 52.5 Å². The molecule has 0 aromatic heterocycles. The minimum atomic E-state index is -4.73. The van der Waals surface area contributed by atoms with E-state index in [1.165, 1.54) is 6.07 Å². The lowest BCUT2D eigenvalue weighted by Crippen LogP contribution is -2.17. The fourth-order valence-corrected chi connectivity index (χ4v) is 2.12. The topological polar surface area (TPSA) is 9.23 Å². The Hall–Kier alpha value is -1.68. The van der Waals surface area contributed by atoms with Gasteiger partial charge >= 0.3 is 6.36 Å². The molecule has 1 nitrogen and oxygen atoms in total. The van der Waals surface area contributed by atoms with E-state index in [2.05, 4.69) is 4.74 Å². The largest absolute Gasteiger partial charge is 0.573 e. The first-order valence-electron chi connectivity index (χ1n) is 5.89. The molecule has 2 rings (SSSR count). The molecule has 20 heavy (non-hydrogen) atoms. The molecule has 0 unspecified atom stereocenters. The van der Waals surface area contributed by atoms with Gasteiger partial charge in [-0.2, -0.15) is 0 Å². The number of aryl methyl sites for hydroxylation is 2. The molecule has 0 fully saturated rings. The van der Waals surface area contributed by atoms with Gasteiger partial charge in [-0.25, -0.2) is 0 Å². The maximum absolute atomic E-state index is 12.5. The number of hydrogen-bond donors (Lipinski definition) is 0. The molecule has 0 N–H and O–H groups in total. The van der Waals surface area contributed by atoms with Gasteiger partial charge in [0.1, 0.15) is 5.75 Å². The molecule has 0 saturated carbocycles. The van der Waals surface area contributed by atoms with Crippen LogP contribution in [-0.2, 0) is 0 Å². The fourth-order valence-electron chi connectivity index (χ4n) is 1.95. The van der Waals surface area contributed by atoms with Gasteiger partial charge in [-0.15, -0.1) is 13.2 Å². The van der Waals surface area contributed by atoms with E-state index >= 15 is 0 Å². The van der Waals surface area contributed by atoms with Gasteiger partial charge in [-0.05, 0) is 49.2 Å². The molecule has 0 aliphatic heterocycles. The second-order valence-corrected chi connectivity index (χ2v) is 4.94. The van der Waals surface area contributed by atoms with Crippen molar-refractivity contribution in [2.24, 2.45) is 0 Å². The second-order valence-electron chi connectivity index (χ2n) is 4.51. The van der Waals surface area contributed by atoms with Crippen LogP contribution in [0.4, 0.5) is 13.2 Å². The Kier molecular flexibility index (Phi) is 3.95. The molecule has 0 saturated heterocycles. The van der Waals surface area contributed by atoms with E-state index in [9.17, 15) is 13.2 Å². The summed E-state index contributed by atoms with van der Waals surface area (Å²) in [6, 6.07) is 9.63. The first kappa shape index (κ1) is 14.7. The van der Waals surface area contributed by atoms with Crippen LogP contribution in [0, 0.1) is 13.8 Å². The molecule has 0 aliphatic carbocycles. The number of ether oxygens (including phenoxy) is 1. The predicted molar refractivity (Wildman–Crippen MR) is 73.0 cm³/mol. The zero-order valence-electron chi connectivity index (χ0n) is 10.9. The van der Waals surface area contributed by atoms with E-state index in [-0.39, 0.29) is 5.75 Å². The summed E-state index contributed by atoms with van der Waals surface area (Å²) in [4.78, 5) is 0. The summed E-state index contributed by atoms with van der Waals surface area (Å²) in [5.74, 6) is -0.228. The van der Waals surface area contributed by atoms with E-state index in [4.69, 9.17) is 11.6 Å². The monoisotopic (exact) mass is 300 g/mol. The fraction of sp³-hybridized carbons (Fsp3) is 0.200. The molecule has 0 amide bonds. The van der Waals surface area contributed by atoms with Gasteiger partial charge in [0.05, 0.1) is 0 Å². The van der Waals surface area contributed by atoms with Gasteiger partial charge in [-0.3, -0.25) is 0 Å². The second kappa shape index (κ2) is 5.37. The van der Waals surface area contributed by atoms with Crippen molar-refractivity contribution in [3.8, 4) is 16.9 Å². The van der Waals surface area contributed by atoms with Crippen LogP contribution in [0.1, 0.15) is 11.1 Å². The first-order valence-corrected chi connectivity index (χ1v) is 6.27. The van der Waals surface area contributed by atoms with Gasteiger partial charge in [-0.1, -0.05) is 29.3 Å². The summed E-state index contributed by atoms with van der Waals surface area (Å²) in [5, 5.41) is 0.463. The average molecular weight is 301 g/mol. The molecule has 0 radical (unpaired) electrons. The molecule has 2 aromatic carbocycles. The Labute approximate surface area is 119 Å². The minimum Gasteiger partial charge on any atom is -0.405 e. The summed E-state index contributed by atoms with van der Waals surface area (Å²) in [6.45, 7) is 3.62. The van der Waals surface area contributed by atoms with Crippen molar-refractivity contribution in [3.63, 3.8) is 0 Å². The van der Waals surface area contributed by atoms with E-state index in [1.54, 1.807) is 37.3 Å². The van der Waals surface area contributed by atoms with Gasteiger partial charge in [0, 0.05) is 10.6 Å². The average Bonchev–Trinajstić information content (AvgIpc) is 2.33. The highest BCUT2D eigenvalue weighted by molar-refractivity contribution is 6.30. The molecule has 0 spiro atoms. The third-order valence-corrected chi connectivity index (χ3v) is 3.09. The van der Waals surface area contributed by atoms with E-state index in [0.717, 1.165) is 11.1 Å². The van der Waals surface area contributed by atoms with Crippen LogP contribution < -0.4 is 4.74 Å². The lowest BCUT2D eigenvalue weighted by Gasteiger charge is -2.15. The Bertz CT molecular complexity index is 636. The van der Waals surface area contributed by atoms with Crippen LogP contribution >= 0.6 is 11.6 Å². The van der Waals surface area contributed by atoms with Crippen LogP contribution in [-0.4, -0.2) is 6.36 Å². The molecular weight excluding hydrogens is 289 g/mol. The Morgan fingerprint density at radius 3 is 2.30 bits per heavy atom. The van der Waals surface area contributed by atoms with Crippen LogP contribution in [0.3, 0.4) is 0 Å². The highest BCUT2D eigenvalue weighted by Gasteiger charge is 2.32. The number of hydrogen-bond acceptors (Lipinski definition) is 1. The van der Waals surface area contributed by atoms with Gasteiger partial charge in [0.15, 0.2) is 0 Å². The molecule has 0 aliphatic rings. The Morgan fingerprint density at radius 2 is 1.65 bits per heavy atom. The molecular formula is C15H12ClF3O. The lowest BCUT2D eigenvalue weighted by atomic mass is 9.98. The van der Waals surface area contributed by atoms with Gasteiger partial charge in [0.2, 0.25) is 0 Å². The van der Waals surface area contributed by atoms with E-state index in [1.807, 2.05) is 6.92 Å². The highest BCUT2D eigenvalue weighted by Crippen LogP contribution is 2.37.